The lowest BCUT2D eigenvalue weighted by atomic mass is 9.96. The van der Waals surface area contributed by atoms with Gasteiger partial charge in [-0.2, -0.15) is 0 Å². The standard InChI is InChI=1S/C27H25FN4S/c1-17-7-6-8-22(15-17)32-26(25(30-27(32)33)24-9-4-5-14-29-24)23-16-18(2)31(19(23)3)21-12-10-20(28)11-13-21/h4-16,25-26H,1-3H3,(H,30,33)/t25-,26-/m1/s1. The largest absolute Gasteiger partial charge is 0.351 e. The summed E-state index contributed by atoms with van der Waals surface area (Å²) in [4.78, 5) is 6.84. The second-order valence-electron chi connectivity index (χ2n) is 8.47. The highest BCUT2D eigenvalue weighted by Gasteiger charge is 2.42. The van der Waals surface area contributed by atoms with Gasteiger partial charge in [-0.25, -0.2) is 4.39 Å². The van der Waals surface area contributed by atoms with Gasteiger partial charge >= 0.3 is 0 Å². The zero-order valence-corrected chi connectivity index (χ0v) is 19.6. The second-order valence-corrected chi connectivity index (χ2v) is 8.86. The summed E-state index contributed by atoms with van der Waals surface area (Å²) in [6.07, 6.45) is 1.81. The van der Waals surface area contributed by atoms with Crippen molar-refractivity contribution in [3.8, 4) is 5.69 Å². The topological polar surface area (TPSA) is 33.1 Å². The van der Waals surface area contributed by atoms with Gasteiger partial charge in [0.1, 0.15) is 5.82 Å². The molecule has 0 amide bonds. The Hall–Kier alpha value is -3.51. The van der Waals surface area contributed by atoms with E-state index in [1.54, 1.807) is 0 Å². The van der Waals surface area contributed by atoms with Crippen molar-refractivity contribution >= 4 is 23.0 Å². The molecule has 1 N–H and O–H groups in total. The summed E-state index contributed by atoms with van der Waals surface area (Å²) in [6, 6.07) is 23.0. The number of thiocarbonyl (C=S) groups is 1. The van der Waals surface area contributed by atoms with Crippen LogP contribution in [0.25, 0.3) is 5.69 Å². The third-order valence-corrected chi connectivity index (χ3v) is 6.57. The summed E-state index contributed by atoms with van der Waals surface area (Å²) in [7, 11) is 0. The van der Waals surface area contributed by atoms with Crippen molar-refractivity contribution in [2.24, 2.45) is 0 Å². The van der Waals surface area contributed by atoms with E-state index in [2.05, 4.69) is 70.9 Å². The fourth-order valence-corrected chi connectivity index (χ4v) is 5.15. The first-order valence-electron chi connectivity index (χ1n) is 11.0. The van der Waals surface area contributed by atoms with E-state index in [-0.39, 0.29) is 17.9 Å². The zero-order chi connectivity index (χ0) is 23.1. The first-order chi connectivity index (χ1) is 15.9. The van der Waals surface area contributed by atoms with Gasteiger partial charge in [-0.3, -0.25) is 4.98 Å². The summed E-state index contributed by atoms with van der Waals surface area (Å²) in [5.41, 5.74) is 7.41. The van der Waals surface area contributed by atoms with Gasteiger partial charge in [0, 0.05) is 29.0 Å². The van der Waals surface area contributed by atoms with Crippen LogP contribution in [0.1, 0.15) is 40.3 Å². The van der Waals surface area contributed by atoms with Crippen LogP contribution >= 0.6 is 12.2 Å². The molecule has 4 aromatic rings. The molecule has 0 unspecified atom stereocenters. The minimum atomic E-state index is -0.243. The molecule has 1 aliphatic heterocycles. The first-order valence-corrected chi connectivity index (χ1v) is 11.4. The molecule has 2 atom stereocenters. The maximum absolute atomic E-state index is 13.6. The highest BCUT2D eigenvalue weighted by Crippen LogP contribution is 2.43. The highest BCUT2D eigenvalue weighted by molar-refractivity contribution is 7.80. The van der Waals surface area contributed by atoms with Crippen molar-refractivity contribution in [1.29, 1.82) is 0 Å². The quantitative estimate of drug-likeness (QED) is 0.376. The van der Waals surface area contributed by atoms with E-state index in [0.29, 0.717) is 5.11 Å². The molecule has 0 radical (unpaired) electrons. The molecule has 5 rings (SSSR count). The molecule has 33 heavy (non-hydrogen) atoms. The fraction of sp³-hybridized carbons (Fsp3) is 0.185. The van der Waals surface area contributed by atoms with Crippen LogP contribution in [0, 0.1) is 26.6 Å². The molecule has 0 saturated carbocycles. The Labute approximate surface area is 198 Å². The number of aromatic nitrogens is 2. The van der Waals surface area contributed by atoms with E-state index in [0.717, 1.165) is 34.0 Å². The Morgan fingerprint density at radius 3 is 2.39 bits per heavy atom. The molecule has 0 aliphatic carbocycles. The maximum Gasteiger partial charge on any atom is 0.174 e. The third kappa shape index (κ3) is 3.80. The lowest BCUT2D eigenvalue weighted by Gasteiger charge is -2.28. The Kier molecular flexibility index (Phi) is 5.46. The van der Waals surface area contributed by atoms with Gasteiger partial charge in [-0.15, -0.1) is 0 Å². The molecule has 2 aromatic carbocycles. The van der Waals surface area contributed by atoms with Gasteiger partial charge < -0.3 is 14.8 Å². The number of hydrogen-bond acceptors (Lipinski definition) is 2. The van der Waals surface area contributed by atoms with Gasteiger partial charge in [0.15, 0.2) is 5.11 Å². The van der Waals surface area contributed by atoms with Crippen molar-refractivity contribution in [3.05, 3.63) is 113 Å². The Morgan fingerprint density at radius 2 is 1.70 bits per heavy atom. The van der Waals surface area contributed by atoms with E-state index < -0.39 is 0 Å². The summed E-state index contributed by atoms with van der Waals surface area (Å²) in [5.74, 6) is -0.243. The highest BCUT2D eigenvalue weighted by atomic mass is 32.1. The van der Waals surface area contributed by atoms with Gasteiger partial charge in [0.25, 0.3) is 0 Å². The SMILES string of the molecule is Cc1cccc(N2C(=S)N[C@H](c3ccccn3)[C@H]2c2cc(C)n(-c3ccc(F)cc3)c2C)c1. The van der Waals surface area contributed by atoms with Crippen molar-refractivity contribution in [2.75, 3.05) is 4.90 Å². The average Bonchev–Trinajstić information content (AvgIpc) is 3.30. The Bertz CT molecular complexity index is 1310. The van der Waals surface area contributed by atoms with E-state index in [4.69, 9.17) is 12.2 Å². The molecule has 1 saturated heterocycles. The minimum Gasteiger partial charge on any atom is -0.351 e. The van der Waals surface area contributed by atoms with Crippen LogP contribution in [-0.2, 0) is 0 Å². The Balaban J connectivity index is 1.68. The van der Waals surface area contributed by atoms with Gasteiger partial charge in [0.05, 0.1) is 17.8 Å². The van der Waals surface area contributed by atoms with Gasteiger partial charge in [-0.05, 0) is 98.7 Å². The molecule has 1 fully saturated rings. The van der Waals surface area contributed by atoms with Crippen molar-refractivity contribution in [1.82, 2.24) is 14.9 Å². The molecular weight excluding hydrogens is 431 g/mol. The number of nitrogens with zero attached hydrogens (tertiary/aromatic N) is 3. The monoisotopic (exact) mass is 456 g/mol. The van der Waals surface area contributed by atoms with Crippen LogP contribution in [0.2, 0.25) is 0 Å². The number of aryl methyl sites for hydroxylation is 2. The number of halogens is 1. The van der Waals surface area contributed by atoms with Crippen LogP contribution in [0.4, 0.5) is 10.1 Å². The summed E-state index contributed by atoms with van der Waals surface area (Å²) in [6.45, 7) is 6.27. The number of benzene rings is 2. The van der Waals surface area contributed by atoms with E-state index in [9.17, 15) is 4.39 Å². The molecule has 0 bridgehead atoms. The second kappa shape index (κ2) is 8.45. The maximum atomic E-state index is 13.6. The first kappa shape index (κ1) is 21.3. The van der Waals surface area contributed by atoms with E-state index in [1.807, 2.05) is 36.5 Å². The fourth-order valence-electron chi connectivity index (χ4n) is 4.80. The van der Waals surface area contributed by atoms with Crippen LogP contribution in [-0.4, -0.2) is 14.7 Å². The lowest BCUT2D eigenvalue weighted by Crippen LogP contribution is -2.29. The smallest absolute Gasteiger partial charge is 0.174 e. The molecule has 2 aromatic heterocycles. The zero-order valence-electron chi connectivity index (χ0n) is 18.8. The van der Waals surface area contributed by atoms with E-state index in [1.165, 1.54) is 17.7 Å². The number of rotatable bonds is 4. The number of anilines is 1. The lowest BCUT2D eigenvalue weighted by molar-refractivity contribution is 0.565. The average molecular weight is 457 g/mol. The van der Waals surface area contributed by atoms with E-state index >= 15 is 0 Å². The molecule has 166 valence electrons. The molecular formula is C27H25FN4S. The molecule has 0 spiro atoms. The van der Waals surface area contributed by atoms with Crippen LogP contribution in [0.3, 0.4) is 0 Å². The number of hydrogen-bond donors (Lipinski definition) is 1. The molecule has 1 aliphatic rings. The van der Waals surface area contributed by atoms with Crippen LogP contribution < -0.4 is 10.2 Å². The molecule has 6 heteroatoms. The summed E-state index contributed by atoms with van der Waals surface area (Å²) >= 11 is 5.85. The van der Waals surface area contributed by atoms with Crippen molar-refractivity contribution in [3.63, 3.8) is 0 Å². The molecule has 3 heterocycles. The van der Waals surface area contributed by atoms with Crippen LogP contribution in [0.15, 0.2) is 79.0 Å². The predicted octanol–water partition coefficient (Wildman–Crippen LogP) is 6.11. The third-order valence-electron chi connectivity index (χ3n) is 6.25. The predicted molar refractivity (Wildman–Crippen MR) is 134 cm³/mol. The van der Waals surface area contributed by atoms with Crippen molar-refractivity contribution < 1.29 is 4.39 Å². The summed E-state index contributed by atoms with van der Waals surface area (Å²) in [5, 5.41) is 4.20. The van der Waals surface area contributed by atoms with Gasteiger partial charge in [-0.1, -0.05) is 18.2 Å². The Morgan fingerprint density at radius 1 is 0.909 bits per heavy atom. The number of pyridine rings is 1. The van der Waals surface area contributed by atoms with Crippen molar-refractivity contribution in [2.45, 2.75) is 32.9 Å². The number of nitrogens with one attached hydrogen (secondary N) is 1. The van der Waals surface area contributed by atoms with Gasteiger partial charge in [0.2, 0.25) is 0 Å². The van der Waals surface area contributed by atoms with Crippen LogP contribution in [0.5, 0.6) is 0 Å². The molecule has 4 nitrogen and oxygen atoms in total. The normalized spacial score (nSPS) is 17.9. The summed E-state index contributed by atoms with van der Waals surface area (Å²) < 4.78 is 15.7. The minimum absolute atomic E-state index is 0.0883.